The largest absolute Gasteiger partial charge is 0.387 e. The van der Waals surface area contributed by atoms with E-state index in [0.717, 1.165) is 4.90 Å². The van der Waals surface area contributed by atoms with Crippen molar-refractivity contribution in [3.63, 3.8) is 0 Å². The fraction of sp³-hybridized carbons (Fsp3) is 0.154. The Balaban J connectivity index is 1.85. The number of hydrogen-bond donors (Lipinski definition) is 1. The second-order valence-corrected chi connectivity index (χ2v) is 4.99. The molecule has 0 aliphatic carbocycles. The first-order valence-electron chi connectivity index (χ1n) is 5.69. The quantitative estimate of drug-likeness (QED) is 0.860. The molecule has 2 aromatic heterocycles. The Hall–Kier alpha value is -2.05. The summed E-state index contributed by atoms with van der Waals surface area (Å²) in [7, 11) is 0. The van der Waals surface area contributed by atoms with Crippen molar-refractivity contribution in [3.05, 3.63) is 52.0 Å². The molecule has 0 aromatic carbocycles. The molecule has 0 spiro atoms. The van der Waals surface area contributed by atoms with Crippen LogP contribution in [-0.2, 0) is 0 Å². The second-order valence-electron chi connectivity index (χ2n) is 4.21. The van der Waals surface area contributed by atoms with E-state index >= 15 is 0 Å². The molecule has 0 bridgehead atoms. The van der Waals surface area contributed by atoms with E-state index in [1.165, 1.54) is 29.8 Å². The van der Waals surface area contributed by atoms with Gasteiger partial charge in [0, 0.05) is 12.4 Å². The van der Waals surface area contributed by atoms with E-state index in [2.05, 4.69) is 4.98 Å². The van der Waals surface area contributed by atoms with Crippen LogP contribution in [0.2, 0.25) is 0 Å². The zero-order valence-electron chi connectivity index (χ0n) is 9.81. The number of aromatic nitrogens is 1. The third-order valence-corrected chi connectivity index (χ3v) is 3.76. The number of pyridine rings is 1. The highest BCUT2D eigenvalue weighted by molar-refractivity contribution is 7.07. The lowest BCUT2D eigenvalue weighted by molar-refractivity contribution is 0.0544. The van der Waals surface area contributed by atoms with Crippen LogP contribution in [0.15, 0.2) is 35.3 Å². The Labute approximate surface area is 113 Å². The highest BCUT2D eigenvalue weighted by Gasteiger charge is 2.36. The van der Waals surface area contributed by atoms with E-state index in [9.17, 15) is 14.7 Å². The molecule has 2 aromatic rings. The van der Waals surface area contributed by atoms with Crippen LogP contribution in [0.4, 0.5) is 0 Å². The first kappa shape index (κ1) is 12.0. The molecule has 96 valence electrons. The van der Waals surface area contributed by atoms with Crippen LogP contribution in [0.1, 0.15) is 32.4 Å². The third kappa shape index (κ3) is 1.94. The molecule has 3 heterocycles. The molecular weight excluding hydrogens is 264 g/mol. The summed E-state index contributed by atoms with van der Waals surface area (Å²) >= 11 is 1.46. The standard InChI is InChI=1S/C13H10N2O3S/c16-11(8-2-4-19-7-8)6-15-12(17)9-1-3-14-5-10(9)13(15)18/h1-5,7,11,16H,6H2. The lowest BCUT2D eigenvalue weighted by Crippen LogP contribution is -2.33. The van der Waals surface area contributed by atoms with Crippen LogP contribution >= 0.6 is 11.3 Å². The topological polar surface area (TPSA) is 70.5 Å². The smallest absolute Gasteiger partial charge is 0.263 e. The Morgan fingerprint density at radius 1 is 1.26 bits per heavy atom. The molecule has 0 radical (unpaired) electrons. The van der Waals surface area contributed by atoms with Crippen LogP contribution in [-0.4, -0.2) is 33.3 Å². The van der Waals surface area contributed by atoms with Crippen molar-refractivity contribution in [2.24, 2.45) is 0 Å². The number of rotatable bonds is 3. The number of β-amino-alcohol motifs (C(OH)–C–C–N with tert-alkyl or cyclic N) is 1. The predicted molar refractivity (Wildman–Crippen MR) is 68.9 cm³/mol. The molecule has 0 saturated carbocycles. The lowest BCUT2D eigenvalue weighted by Gasteiger charge is -2.17. The zero-order chi connectivity index (χ0) is 13.4. The molecular formula is C13H10N2O3S. The molecule has 1 aliphatic rings. The number of hydrogen-bond acceptors (Lipinski definition) is 5. The summed E-state index contributed by atoms with van der Waals surface area (Å²) in [5, 5.41) is 13.7. The molecule has 5 nitrogen and oxygen atoms in total. The fourth-order valence-corrected chi connectivity index (χ4v) is 2.75. The van der Waals surface area contributed by atoms with E-state index in [-0.39, 0.29) is 12.5 Å². The van der Waals surface area contributed by atoms with Gasteiger partial charge in [-0.3, -0.25) is 19.5 Å². The Kier molecular flexibility index (Phi) is 2.88. The normalized spacial score (nSPS) is 15.7. The summed E-state index contributed by atoms with van der Waals surface area (Å²) in [4.78, 5) is 29.1. The van der Waals surface area contributed by atoms with Gasteiger partial charge in [-0.05, 0) is 28.5 Å². The molecule has 3 rings (SSSR count). The van der Waals surface area contributed by atoms with Gasteiger partial charge in [-0.25, -0.2) is 0 Å². The van der Waals surface area contributed by atoms with E-state index in [0.29, 0.717) is 16.7 Å². The van der Waals surface area contributed by atoms with E-state index < -0.39 is 12.0 Å². The third-order valence-electron chi connectivity index (χ3n) is 3.06. The van der Waals surface area contributed by atoms with Gasteiger partial charge in [0.25, 0.3) is 11.8 Å². The maximum absolute atomic E-state index is 12.1. The van der Waals surface area contributed by atoms with E-state index in [4.69, 9.17) is 0 Å². The maximum Gasteiger partial charge on any atom is 0.263 e. The number of nitrogens with zero attached hydrogens (tertiary/aromatic N) is 2. The molecule has 1 unspecified atom stereocenters. The van der Waals surface area contributed by atoms with Crippen molar-refractivity contribution >= 4 is 23.2 Å². The van der Waals surface area contributed by atoms with Gasteiger partial charge in [0.2, 0.25) is 0 Å². The number of fused-ring (bicyclic) bond motifs is 1. The minimum absolute atomic E-state index is 0.0386. The number of carbonyl (C=O) groups excluding carboxylic acids is 2. The average Bonchev–Trinajstić information content (AvgIpc) is 3.03. The van der Waals surface area contributed by atoms with Gasteiger partial charge >= 0.3 is 0 Å². The number of imide groups is 1. The monoisotopic (exact) mass is 274 g/mol. The van der Waals surface area contributed by atoms with Crippen molar-refractivity contribution in [2.45, 2.75) is 6.10 Å². The van der Waals surface area contributed by atoms with Gasteiger partial charge in [-0.15, -0.1) is 0 Å². The summed E-state index contributed by atoms with van der Waals surface area (Å²) in [5.41, 5.74) is 1.35. The first-order chi connectivity index (χ1) is 9.18. The summed E-state index contributed by atoms with van der Waals surface area (Å²) in [6, 6.07) is 3.29. The number of aliphatic hydroxyl groups excluding tert-OH is 1. The summed E-state index contributed by atoms with van der Waals surface area (Å²) in [6.07, 6.45) is 2.00. The Bertz CT molecular complexity index is 604. The van der Waals surface area contributed by atoms with Crippen molar-refractivity contribution in [3.8, 4) is 0 Å². The van der Waals surface area contributed by atoms with Gasteiger partial charge in [-0.2, -0.15) is 11.3 Å². The molecule has 19 heavy (non-hydrogen) atoms. The van der Waals surface area contributed by atoms with Gasteiger partial charge in [0.1, 0.15) is 0 Å². The van der Waals surface area contributed by atoms with E-state index in [1.54, 1.807) is 11.4 Å². The summed E-state index contributed by atoms with van der Waals surface area (Å²) < 4.78 is 0. The minimum Gasteiger partial charge on any atom is -0.387 e. The Morgan fingerprint density at radius 3 is 2.74 bits per heavy atom. The zero-order valence-corrected chi connectivity index (χ0v) is 10.6. The van der Waals surface area contributed by atoms with E-state index in [1.807, 2.05) is 5.38 Å². The fourth-order valence-electron chi connectivity index (χ4n) is 2.04. The van der Waals surface area contributed by atoms with Crippen molar-refractivity contribution in [2.75, 3.05) is 6.54 Å². The number of aliphatic hydroxyl groups is 1. The molecule has 1 aliphatic heterocycles. The summed E-state index contributed by atoms with van der Waals surface area (Å²) in [6.45, 7) is -0.0386. The molecule has 1 atom stereocenters. The SMILES string of the molecule is O=C1c2ccncc2C(=O)N1CC(O)c1ccsc1. The van der Waals surface area contributed by atoms with Gasteiger partial charge in [-0.1, -0.05) is 0 Å². The van der Waals surface area contributed by atoms with Crippen molar-refractivity contribution in [1.29, 1.82) is 0 Å². The van der Waals surface area contributed by atoms with Crippen molar-refractivity contribution in [1.82, 2.24) is 9.88 Å². The van der Waals surface area contributed by atoms with Crippen LogP contribution in [0.25, 0.3) is 0 Å². The van der Waals surface area contributed by atoms with Gasteiger partial charge < -0.3 is 5.11 Å². The van der Waals surface area contributed by atoms with Gasteiger partial charge in [0.05, 0.1) is 23.8 Å². The molecule has 6 heteroatoms. The van der Waals surface area contributed by atoms with Crippen LogP contribution in [0.5, 0.6) is 0 Å². The number of thiophene rings is 1. The highest BCUT2D eigenvalue weighted by Crippen LogP contribution is 2.25. The van der Waals surface area contributed by atoms with Crippen LogP contribution in [0.3, 0.4) is 0 Å². The first-order valence-corrected chi connectivity index (χ1v) is 6.63. The number of amides is 2. The van der Waals surface area contributed by atoms with Gasteiger partial charge in [0.15, 0.2) is 0 Å². The lowest BCUT2D eigenvalue weighted by atomic mass is 10.2. The molecule has 2 amide bonds. The molecule has 0 saturated heterocycles. The number of carbonyl (C=O) groups is 2. The highest BCUT2D eigenvalue weighted by atomic mass is 32.1. The minimum atomic E-state index is -0.860. The average molecular weight is 274 g/mol. The van der Waals surface area contributed by atoms with Crippen LogP contribution < -0.4 is 0 Å². The van der Waals surface area contributed by atoms with Crippen molar-refractivity contribution < 1.29 is 14.7 Å². The molecule has 0 fully saturated rings. The summed E-state index contributed by atoms with van der Waals surface area (Å²) in [5.74, 6) is -0.779. The predicted octanol–water partition coefficient (Wildman–Crippen LogP) is 1.47. The van der Waals surface area contributed by atoms with Crippen LogP contribution in [0, 0.1) is 0 Å². The molecule has 1 N–H and O–H groups in total. The maximum atomic E-state index is 12.1. The Morgan fingerprint density at radius 2 is 2.05 bits per heavy atom. The second kappa shape index (κ2) is 4.56.